The van der Waals surface area contributed by atoms with Crippen LogP contribution in [0.2, 0.25) is 16.6 Å². The van der Waals surface area contributed by atoms with E-state index in [1.807, 2.05) is 0 Å². The van der Waals surface area contributed by atoms with Gasteiger partial charge < -0.3 is 9.16 Å². The van der Waals surface area contributed by atoms with Crippen LogP contribution in [0.4, 0.5) is 13.2 Å². The van der Waals surface area contributed by atoms with Crippen LogP contribution in [0.1, 0.15) is 52.0 Å². The van der Waals surface area contributed by atoms with Crippen molar-refractivity contribution in [3.05, 3.63) is 40.8 Å². The molecular weight excluding hydrogens is 413 g/mol. The maximum Gasteiger partial charge on any atom is 0.573 e. The molecule has 0 radical (unpaired) electrons. The van der Waals surface area contributed by atoms with Gasteiger partial charge in [-0.25, -0.2) is 0 Å². The second kappa shape index (κ2) is 9.23. The lowest BCUT2D eigenvalue weighted by Gasteiger charge is -2.42. The van der Waals surface area contributed by atoms with Crippen molar-refractivity contribution >= 4 is 19.7 Å². The number of hydrogen-bond acceptors (Lipinski definition) is 3. The van der Waals surface area contributed by atoms with E-state index in [0.29, 0.717) is 23.2 Å². The molecule has 1 aromatic heterocycles. The molecule has 2 aromatic rings. The molecule has 0 bridgehead atoms. The molecule has 0 saturated heterocycles. The fourth-order valence-electron chi connectivity index (χ4n) is 4.32. The second-order valence-corrected chi connectivity index (χ2v) is 15.0. The molecule has 2 rings (SSSR count). The SMILES string of the molecule is Cc1cc(-c2ccc(OC(F)(F)F)cc2)sc1CO[Si](C(C)C)(C(C)C)C(C)C. The van der Waals surface area contributed by atoms with Crippen LogP contribution in [0, 0.1) is 6.92 Å². The molecule has 0 atom stereocenters. The van der Waals surface area contributed by atoms with Crippen LogP contribution in [0.5, 0.6) is 5.75 Å². The predicted molar refractivity (Wildman–Crippen MR) is 117 cm³/mol. The lowest BCUT2D eigenvalue weighted by Crippen LogP contribution is -2.47. The molecule has 2 nitrogen and oxygen atoms in total. The first kappa shape index (κ1) is 24.0. The van der Waals surface area contributed by atoms with Crippen LogP contribution >= 0.6 is 11.3 Å². The van der Waals surface area contributed by atoms with Crippen molar-refractivity contribution in [3.63, 3.8) is 0 Å². The van der Waals surface area contributed by atoms with E-state index in [-0.39, 0.29) is 5.75 Å². The van der Waals surface area contributed by atoms with Gasteiger partial charge in [0.1, 0.15) is 5.75 Å². The first-order valence-corrected chi connectivity index (χ1v) is 12.9. The zero-order valence-corrected chi connectivity index (χ0v) is 20.0. The highest BCUT2D eigenvalue weighted by atomic mass is 32.1. The van der Waals surface area contributed by atoms with Gasteiger partial charge in [0.2, 0.25) is 8.32 Å². The summed E-state index contributed by atoms with van der Waals surface area (Å²) in [5.41, 5.74) is 3.58. The maximum atomic E-state index is 12.3. The first-order valence-electron chi connectivity index (χ1n) is 9.96. The van der Waals surface area contributed by atoms with Gasteiger partial charge in [-0.15, -0.1) is 24.5 Å². The van der Waals surface area contributed by atoms with Crippen LogP contribution < -0.4 is 4.74 Å². The third kappa shape index (κ3) is 5.64. The summed E-state index contributed by atoms with van der Waals surface area (Å²) in [7, 11) is -1.95. The Labute approximate surface area is 177 Å². The van der Waals surface area contributed by atoms with E-state index >= 15 is 0 Å². The highest BCUT2D eigenvalue weighted by Gasteiger charge is 2.45. The largest absolute Gasteiger partial charge is 0.573 e. The Kier molecular flexibility index (Phi) is 7.62. The number of rotatable bonds is 8. The van der Waals surface area contributed by atoms with Crippen LogP contribution in [0.3, 0.4) is 0 Å². The topological polar surface area (TPSA) is 18.5 Å². The summed E-state index contributed by atoms with van der Waals surface area (Å²) in [5.74, 6) is -0.209. The van der Waals surface area contributed by atoms with E-state index in [0.717, 1.165) is 16.0 Å². The molecule has 0 aliphatic carbocycles. The molecule has 162 valence electrons. The Morgan fingerprint density at radius 1 is 0.931 bits per heavy atom. The van der Waals surface area contributed by atoms with E-state index in [2.05, 4.69) is 59.3 Å². The minimum Gasteiger partial charge on any atom is -0.411 e. The summed E-state index contributed by atoms with van der Waals surface area (Å²) < 4.78 is 47.7. The molecule has 0 saturated carbocycles. The van der Waals surface area contributed by atoms with Gasteiger partial charge in [0.05, 0.1) is 6.61 Å². The summed E-state index contributed by atoms with van der Waals surface area (Å²) in [5, 5.41) is 0. The molecular formula is C22H31F3O2SSi. The zero-order chi connectivity index (χ0) is 22.0. The normalized spacial score (nSPS) is 13.0. The molecule has 1 aromatic carbocycles. The molecule has 0 aliphatic heterocycles. The molecule has 0 N–H and O–H groups in total. The summed E-state index contributed by atoms with van der Waals surface area (Å²) in [6.45, 7) is 16.3. The van der Waals surface area contributed by atoms with E-state index in [1.54, 1.807) is 23.5 Å². The van der Waals surface area contributed by atoms with Crippen molar-refractivity contribution in [2.45, 2.75) is 78.1 Å². The number of alkyl halides is 3. The minimum absolute atomic E-state index is 0.209. The first-order chi connectivity index (χ1) is 13.4. The average molecular weight is 445 g/mol. The van der Waals surface area contributed by atoms with Gasteiger partial charge >= 0.3 is 6.36 Å². The van der Waals surface area contributed by atoms with Crippen LogP contribution in [0.15, 0.2) is 30.3 Å². The fourth-order valence-corrected chi connectivity index (χ4v) is 10.9. The highest BCUT2D eigenvalue weighted by Crippen LogP contribution is 2.43. The Bertz CT molecular complexity index is 774. The van der Waals surface area contributed by atoms with Crippen LogP contribution in [0.25, 0.3) is 10.4 Å². The van der Waals surface area contributed by atoms with Crippen molar-refractivity contribution < 1.29 is 22.3 Å². The third-order valence-electron chi connectivity index (χ3n) is 5.55. The van der Waals surface area contributed by atoms with E-state index in [1.165, 1.54) is 17.0 Å². The lowest BCUT2D eigenvalue weighted by molar-refractivity contribution is -0.274. The highest BCUT2D eigenvalue weighted by molar-refractivity contribution is 7.15. The van der Waals surface area contributed by atoms with Gasteiger partial charge in [-0.2, -0.15) is 0 Å². The van der Waals surface area contributed by atoms with Gasteiger partial charge in [0.25, 0.3) is 0 Å². The van der Waals surface area contributed by atoms with Crippen molar-refractivity contribution in [1.29, 1.82) is 0 Å². The standard InChI is InChI=1S/C22H31F3O2SSi/c1-14(2)29(15(3)4,16(5)6)26-13-21-17(7)12-20(28-21)18-8-10-19(11-9-18)27-22(23,24)25/h8-12,14-16H,13H2,1-7H3. The summed E-state index contributed by atoms with van der Waals surface area (Å²) in [4.78, 5) is 2.19. The van der Waals surface area contributed by atoms with Crippen LogP contribution in [-0.2, 0) is 11.0 Å². The van der Waals surface area contributed by atoms with Gasteiger partial charge in [-0.3, -0.25) is 0 Å². The molecule has 0 fully saturated rings. The zero-order valence-electron chi connectivity index (χ0n) is 18.2. The molecule has 1 heterocycles. The average Bonchev–Trinajstić information content (AvgIpc) is 2.94. The Morgan fingerprint density at radius 2 is 1.45 bits per heavy atom. The number of halogens is 3. The van der Waals surface area contributed by atoms with Crippen molar-refractivity contribution in [2.24, 2.45) is 0 Å². The van der Waals surface area contributed by atoms with Gasteiger partial charge in [-0.1, -0.05) is 41.5 Å². The Hall–Kier alpha value is -1.31. The number of thiophene rings is 1. The monoisotopic (exact) mass is 444 g/mol. The van der Waals surface area contributed by atoms with E-state index in [4.69, 9.17) is 4.43 Å². The van der Waals surface area contributed by atoms with Crippen molar-refractivity contribution in [3.8, 4) is 16.2 Å². The smallest absolute Gasteiger partial charge is 0.411 e. The minimum atomic E-state index is -4.68. The molecule has 0 aliphatic rings. The van der Waals surface area contributed by atoms with Gasteiger partial charge in [0.15, 0.2) is 0 Å². The van der Waals surface area contributed by atoms with Gasteiger partial charge in [-0.05, 0) is 65.0 Å². The van der Waals surface area contributed by atoms with Crippen molar-refractivity contribution in [2.75, 3.05) is 0 Å². The molecule has 29 heavy (non-hydrogen) atoms. The predicted octanol–water partition coefficient (Wildman–Crippen LogP) is 8.31. The number of hydrogen-bond donors (Lipinski definition) is 0. The summed E-state index contributed by atoms with van der Waals surface area (Å²) in [6.07, 6.45) is -4.68. The Balaban J connectivity index is 2.20. The summed E-state index contributed by atoms with van der Waals surface area (Å²) >= 11 is 1.64. The lowest BCUT2D eigenvalue weighted by atomic mass is 10.1. The number of aryl methyl sites for hydroxylation is 1. The van der Waals surface area contributed by atoms with Crippen molar-refractivity contribution in [1.82, 2.24) is 0 Å². The van der Waals surface area contributed by atoms with Gasteiger partial charge in [0, 0.05) is 9.75 Å². The van der Waals surface area contributed by atoms with Crippen LogP contribution in [-0.4, -0.2) is 14.7 Å². The Morgan fingerprint density at radius 3 is 1.90 bits per heavy atom. The maximum absolute atomic E-state index is 12.3. The summed E-state index contributed by atoms with van der Waals surface area (Å²) in [6, 6.07) is 8.09. The molecule has 7 heteroatoms. The number of ether oxygens (including phenoxy) is 1. The molecule has 0 spiro atoms. The van der Waals surface area contributed by atoms with E-state index in [9.17, 15) is 13.2 Å². The quantitative estimate of drug-likeness (QED) is 0.381. The van der Waals surface area contributed by atoms with E-state index < -0.39 is 14.7 Å². The second-order valence-electron chi connectivity index (χ2n) is 8.40. The molecule has 0 amide bonds. The molecule has 0 unspecified atom stereocenters. The third-order valence-corrected chi connectivity index (χ3v) is 12.9. The number of benzene rings is 1. The fraction of sp³-hybridized carbons (Fsp3) is 0.545.